The van der Waals surface area contributed by atoms with Crippen molar-refractivity contribution in [2.75, 3.05) is 0 Å². The van der Waals surface area contributed by atoms with Gasteiger partial charge in [0, 0.05) is 24.5 Å². The van der Waals surface area contributed by atoms with Gasteiger partial charge in [-0.1, -0.05) is 0 Å². The zero-order valence-electron chi connectivity index (χ0n) is 16.4. The summed E-state index contributed by atoms with van der Waals surface area (Å²) in [7, 11) is 0. The molecule has 3 heterocycles. The number of fused-ring (bicyclic) bond motifs is 1. The number of carbonyl (C=O) groups is 3. The molecule has 3 atom stereocenters. The summed E-state index contributed by atoms with van der Waals surface area (Å²) in [6.07, 6.45) is -0.927. The van der Waals surface area contributed by atoms with Crippen LogP contribution in [-0.2, 0) is 30.5 Å². The van der Waals surface area contributed by atoms with E-state index in [4.69, 9.17) is 13.9 Å². The number of β-lactam (4-membered cyclic amide) rings is 1. The van der Waals surface area contributed by atoms with E-state index in [1.54, 1.807) is 12.1 Å². The molecule has 166 valence electrons. The quantitative estimate of drug-likeness (QED) is 0.231. The van der Waals surface area contributed by atoms with Crippen LogP contribution in [0.2, 0.25) is 0 Å². The Balaban J connectivity index is 1.41. The van der Waals surface area contributed by atoms with Crippen LogP contribution >= 0.6 is 27.7 Å². The van der Waals surface area contributed by atoms with Crippen LogP contribution in [0.4, 0.5) is 5.69 Å². The van der Waals surface area contributed by atoms with Gasteiger partial charge in [0.2, 0.25) is 5.91 Å². The van der Waals surface area contributed by atoms with E-state index in [1.165, 1.54) is 53.3 Å². The molecule has 1 fully saturated rings. The molecule has 0 N–H and O–H groups in total. The van der Waals surface area contributed by atoms with E-state index in [-0.39, 0.29) is 18.0 Å². The monoisotopic (exact) mass is 522 g/mol. The third-order valence-corrected chi connectivity index (χ3v) is 6.45. The average Bonchev–Trinajstić information content (AvgIpc) is 3.35. The van der Waals surface area contributed by atoms with E-state index in [9.17, 15) is 24.5 Å². The van der Waals surface area contributed by atoms with Crippen LogP contribution in [0, 0.1) is 16.0 Å². The minimum atomic E-state index is -0.927. The van der Waals surface area contributed by atoms with Gasteiger partial charge in [0.1, 0.15) is 29.4 Å². The third-order valence-electron chi connectivity index (χ3n) is 4.88. The Morgan fingerprint density at radius 2 is 2.00 bits per heavy atom. The van der Waals surface area contributed by atoms with Crippen LogP contribution in [0.15, 0.2) is 56.6 Å². The average molecular weight is 523 g/mol. The van der Waals surface area contributed by atoms with Gasteiger partial charge in [-0.25, -0.2) is 4.79 Å². The first-order chi connectivity index (χ1) is 15.3. The Morgan fingerprint density at radius 1 is 1.28 bits per heavy atom. The van der Waals surface area contributed by atoms with E-state index in [0.717, 1.165) is 0 Å². The molecule has 2 aliphatic rings. The maximum absolute atomic E-state index is 12.9. The summed E-state index contributed by atoms with van der Waals surface area (Å²) in [6.45, 7) is 1.14. The van der Waals surface area contributed by atoms with Crippen LogP contribution < -0.4 is 0 Å². The highest BCUT2D eigenvalue weighted by Crippen LogP contribution is 2.51. The summed E-state index contributed by atoms with van der Waals surface area (Å²) in [5.41, 5.74) is 0.587. The number of hydrogen-bond acceptors (Lipinski definition) is 9. The van der Waals surface area contributed by atoms with Gasteiger partial charge in [0.15, 0.2) is 10.8 Å². The number of nitrogens with zero attached hydrogens (tertiary/aromatic N) is 2. The number of carbonyl (C=O) groups excluding carboxylic acids is 3. The predicted octanol–water partition coefficient (Wildman–Crippen LogP) is 3.67. The lowest BCUT2D eigenvalue weighted by Gasteiger charge is -2.44. The van der Waals surface area contributed by atoms with Gasteiger partial charge >= 0.3 is 11.9 Å². The standard InChI is InChI=1S/C20H15BrN2O8S/c1-10(24)30-17(14-6-7-15(21)31-14)16-18(25)22-13(9-32-19(16)22)20(26)29-8-11-2-4-12(5-3-11)23(27)28/h2-7,9,16-17,19H,8H2,1H3/t16?,17?,19-/m1/s1. The molecule has 1 saturated heterocycles. The Labute approximate surface area is 193 Å². The topological polar surface area (TPSA) is 129 Å². The molecule has 0 bridgehead atoms. The van der Waals surface area contributed by atoms with Crippen molar-refractivity contribution >= 4 is 51.2 Å². The van der Waals surface area contributed by atoms with Crippen molar-refractivity contribution in [2.45, 2.75) is 25.0 Å². The van der Waals surface area contributed by atoms with Crippen molar-refractivity contribution in [2.24, 2.45) is 5.92 Å². The summed E-state index contributed by atoms with van der Waals surface area (Å²) in [4.78, 5) is 48.5. The highest BCUT2D eigenvalue weighted by atomic mass is 79.9. The molecule has 1 aromatic heterocycles. The number of hydrogen-bond donors (Lipinski definition) is 0. The van der Waals surface area contributed by atoms with Gasteiger partial charge in [0.25, 0.3) is 5.69 Å². The number of halogens is 1. The number of nitro benzene ring substituents is 1. The van der Waals surface area contributed by atoms with Crippen molar-refractivity contribution in [1.82, 2.24) is 4.90 Å². The summed E-state index contributed by atoms with van der Waals surface area (Å²) >= 11 is 4.44. The second-order valence-electron chi connectivity index (χ2n) is 6.94. The number of furan rings is 1. The van der Waals surface area contributed by atoms with E-state index in [1.807, 2.05) is 0 Å². The number of nitro groups is 1. The molecule has 0 saturated carbocycles. The molecular formula is C20H15BrN2O8S. The lowest BCUT2D eigenvalue weighted by molar-refractivity contribution is -0.384. The van der Waals surface area contributed by atoms with Gasteiger partial charge < -0.3 is 13.9 Å². The second kappa shape index (κ2) is 8.79. The first kappa shape index (κ1) is 22.1. The summed E-state index contributed by atoms with van der Waals surface area (Å²) < 4.78 is 16.6. The highest BCUT2D eigenvalue weighted by molar-refractivity contribution is 9.10. The van der Waals surface area contributed by atoms with Gasteiger partial charge in [-0.05, 0) is 45.8 Å². The molecule has 0 radical (unpaired) electrons. The number of thioether (sulfide) groups is 1. The molecule has 12 heteroatoms. The van der Waals surface area contributed by atoms with Gasteiger partial charge in [0.05, 0.1) is 4.92 Å². The minimum absolute atomic E-state index is 0.0686. The van der Waals surface area contributed by atoms with Gasteiger partial charge in [-0.2, -0.15) is 0 Å². The number of non-ortho nitro benzene ring substituents is 1. The van der Waals surface area contributed by atoms with Crippen molar-refractivity contribution in [1.29, 1.82) is 0 Å². The van der Waals surface area contributed by atoms with Crippen molar-refractivity contribution in [3.8, 4) is 0 Å². The van der Waals surface area contributed by atoms with Crippen LogP contribution in [0.1, 0.15) is 24.4 Å². The predicted molar refractivity (Wildman–Crippen MR) is 114 cm³/mol. The number of amides is 1. The lowest BCUT2D eigenvalue weighted by atomic mass is 9.89. The molecule has 0 spiro atoms. The van der Waals surface area contributed by atoms with Crippen molar-refractivity contribution in [3.05, 3.63) is 73.6 Å². The molecular weight excluding hydrogens is 508 g/mol. The molecule has 10 nitrogen and oxygen atoms in total. The molecule has 32 heavy (non-hydrogen) atoms. The molecule has 2 aromatic rings. The molecule has 1 aromatic carbocycles. The third kappa shape index (κ3) is 4.15. The van der Waals surface area contributed by atoms with Gasteiger partial charge in [-0.15, -0.1) is 11.8 Å². The largest absolute Gasteiger partial charge is 0.456 e. The zero-order chi connectivity index (χ0) is 23.0. The molecule has 2 aliphatic heterocycles. The van der Waals surface area contributed by atoms with Crippen LogP contribution in [0.3, 0.4) is 0 Å². The van der Waals surface area contributed by atoms with Crippen LogP contribution in [-0.4, -0.2) is 33.0 Å². The fourth-order valence-corrected chi connectivity index (χ4v) is 4.97. The summed E-state index contributed by atoms with van der Waals surface area (Å²) in [6, 6.07) is 8.85. The first-order valence-corrected chi connectivity index (χ1v) is 11.0. The SMILES string of the molecule is CC(=O)OC(c1ccc(Br)o1)C1C(=O)N2C(C(=O)OCc3ccc([N+](=O)[O-])cc3)=CS[C@H]12. The fraction of sp³-hybridized carbons (Fsp3) is 0.250. The molecule has 0 aliphatic carbocycles. The number of rotatable bonds is 7. The number of ether oxygens (including phenoxy) is 2. The van der Waals surface area contributed by atoms with E-state index >= 15 is 0 Å². The maximum atomic E-state index is 12.9. The lowest BCUT2D eigenvalue weighted by Crippen LogP contribution is -2.59. The van der Waals surface area contributed by atoms with E-state index in [2.05, 4.69) is 15.9 Å². The minimum Gasteiger partial charge on any atom is -0.456 e. The Hall–Kier alpha value is -3.12. The Bertz CT molecular complexity index is 1130. The first-order valence-electron chi connectivity index (χ1n) is 9.28. The smallest absolute Gasteiger partial charge is 0.355 e. The second-order valence-corrected chi connectivity index (χ2v) is 8.71. The zero-order valence-corrected chi connectivity index (χ0v) is 18.8. The van der Waals surface area contributed by atoms with Crippen LogP contribution in [0.5, 0.6) is 0 Å². The van der Waals surface area contributed by atoms with Crippen LogP contribution in [0.25, 0.3) is 0 Å². The van der Waals surface area contributed by atoms with Gasteiger partial charge in [-0.3, -0.25) is 24.6 Å². The Kier molecular flexibility index (Phi) is 6.07. The molecule has 4 rings (SSSR count). The van der Waals surface area contributed by atoms with E-state index < -0.39 is 40.2 Å². The van der Waals surface area contributed by atoms with Crippen molar-refractivity contribution in [3.63, 3.8) is 0 Å². The molecule has 2 unspecified atom stereocenters. The summed E-state index contributed by atoms with van der Waals surface area (Å²) in [5.74, 6) is -2.06. The normalized spacial score (nSPS) is 20.1. The fourth-order valence-electron chi connectivity index (χ4n) is 3.41. The molecule has 1 amide bonds. The summed E-state index contributed by atoms with van der Waals surface area (Å²) in [5, 5.41) is 11.8. The Morgan fingerprint density at radius 3 is 2.59 bits per heavy atom. The number of benzene rings is 1. The maximum Gasteiger partial charge on any atom is 0.355 e. The van der Waals surface area contributed by atoms with E-state index in [0.29, 0.717) is 16.0 Å². The number of esters is 2. The highest BCUT2D eigenvalue weighted by Gasteiger charge is 2.58. The van der Waals surface area contributed by atoms with Crippen molar-refractivity contribution < 1.29 is 33.2 Å².